The van der Waals surface area contributed by atoms with Crippen molar-refractivity contribution >= 4 is 27.5 Å². The Balaban J connectivity index is 2.06. The molecule has 0 saturated carbocycles. The van der Waals surface area contributed by atoms with Crippen molar-refractivity contribution in [1.29, 1.82) is 0 Å². The molecule has 2 aromatic rings. The molecule has 0 spiro atoms. The lowest BCUT2D eigenvalue weighted by molar-refractivity contribution is -0.122. The highest BCUT2D eigenvalue weighted by Crippen LogP contribution is 2.28. The minimum Gasteiger partial charge on any atom is -0.495 e. The molecule has 158 valence electrons. The third-order valence-corrected chi connectivity index (χ3v) is 5.85. The number of ether oxygens (including phenoxy) is 3. The molecule has 2 rings (SSSR count). The van der Waals surface area contributed by atoms with Crippen molar-refractivity contribution in [3.8, 4) is 17.2 Å². The molecular weight excluding hydrogens is 420 g/mol. The molecule has 0 heterocycles. The maximum Gasteiger partial charge on any atom is 0.245 e. The Morgan fingerprint density at radius 1 is 1.00 bits per heavy atom. The maximum absolute atomic E-state index is 12.6. The molecule has 0 aliphatic heterocycles. The Kier molecular flexibility index (Phi) is 7.72. The average molecular weight is 443 g/mol. The number of carbonyl (C=O) groups is 1. The minimum atomic E-state index is -4.03. The topological polar surface area (TPSA) is 103 Å². The molecule has 2 N–H and O–H groups in total. The fourth-order valence-corrected chi connectivity index (χ4v) is 4.18. The molecule has 8 nitrogen and oxygen atoms in total. The SMILES string of the molecule is COc1ccc(CNC(=O)[C@H](C)NS(=O)(=O)c2cc(Cl)ccc2OC)cc1OC. The maximum atomic E-state index is 12.6. The van der Waals surface area contributed by atoms with E-state index in [9.17, 15) is 13.2 Å². The Morgan fingerprint density at radius 3 is 2.24 bits per heavy atom. The first kappa shape index (κ1) is 22.8. The van der Waals surface area contributed by atoms with Crippen molar-refractivity contribution in [2.75, 3.05) is 21.3 Å². The molecule has 0 fully saturated rings. The van der Waals surface area contributed by atoms with Gasteiger partial charge in [-0.3, -0.25) is 4.79 Å². The van der Waals surface area contributed by atoms with E-state index < -0.39 is 22.0 Å². The van der Waals surface area contributed by atoms with Gasteiger partial charge in [0.15, 0.2) is 11.5 Å². The molecule has 0 aromatic heterocycles. The van der Waals surface area contributed by atoms with Gasteiger partial charge in [-0.25, -0.2) is 8.42 Å². The van der Waals surface area contributed by atoms with Crippen molar-refractivity contribution in [3.05, 3.63) is 47.0 Å². The highest BCUT2D eigenvalue weighted by Gasteiger charge is 2.25. The second-order valence-electron chi connectivity index (χ2n) is 6.05. The standard InChI is InChI=1S/C19H23ClN2O6S/c1-12(22-29(24,25)18-10-14(20)6-8-16(18)27-3)19(23)21-11-13-5-7-15(26-2)17(9-13)28-4/h5-10,12,22H,11H2,1-4H3,(H,21,23)/t12-/m0/s1. The zero-order valence-corrected chi connectivity index (χ0v) is 18.1. The monoisotopic (exact) mass is 442 g/mol. The van der Waals surface area contributed by atoms with E-state index >= 15 is 0 Å². The molecule has 1 amide bonds. The molecular formula is C19H23ClN2O6S. The van der Waals surface area contributed by atoms with Crippen LogP contribution >= 0.6 is 11.6 Å². The summed E-state index contributed by atoms with van der Waals surface area (Å²) >= 11 is 5.90. The lowest BCUT2D eigenvalue weighted by Crippen LogP contribution is -2.44. The summed E-state index contributed by atoms with van der Waals surface area (Å²) in [5.41, 5.74) is 0.766. The van der Waals surface area contributed by atoms with Gasteiger partial charge in [-0.1, -0.05) is 17.7 Å². The number of carbonyl (C=O) groups excluding carboxylic acids is 1. The van der Waals surface area contributed by atoms with Crippen LogP contribution in [0, 0.1) is 0 Å². The van der Waals surface area contributed by atoms with Crippen LogP contribution in [-0.2, 0) is 21.4 Å². The Hall–Kier alpha value is -2.49. The summed E-state index contributed by atoms with van der Waals surface area (Å²) in [4.78, 5) is 12.2. The first-order valence-electron chi connectivity index (χ1n) is 8.56. The van der Waals surface area contributed by atoms with Gasteiger partial charge < -0.3 is 19.5 Å². The van der Waals surface area contributed by atoms with Gasteiger partial charge in [0.25, 0.3) is 0 Å². The average Bonchev–Trinajstić information content (AvgIpc) is 2.71. The molecule has 10 heteroatoms. The number of sulfonamides is 1. The van der Waals surface area contributed by atoms with Crippen molar-refractivity contribution in [2.45, 2.75) is 24.4 Å². The van der Waals surface area contributed by atoms with Crippen LogP contribution in [0.1, 0.15) is 12.5 Å². The summed E-state index contributed by atoms with van der Waals surface area (Å²) in [6.45, 7) is 1.63. The fourth-order valence-electron chi connectivity index (χ4n) is 2.54. The number of benzene rings is 2. The van der Waals surface area contributed by atoms with Gasteiger partial charge >= 0.3 is 0 Å². The predicted octanol–water partition coefficient (Wildman–Crippen LogP) is 2.35. The molecule has 1 atom stereocenters. The number of nitrogens with one attached hydrogen (secondary N) is 2. The molecule has 0 radical (unpaired) electrons. The summed E-state index contributed by atoms with van der Waals surface area (Å²) < 4.78 is 43.1. The Labute approximate surface area is 175 Å². The predicted molar refractivity (Wildman–Crippen MR) is 109 cm³/mol. The fraction of sp³-hybridized carbons (Fsp3) is 0.316. The Morgan fingerprint density at radius 2 is 1.62 bits per heavy atom. The summed E-state index contributed by atoms with van der Waals surface area (Å²) in [5.74, 6) is 0.726. The molecule has 0 unspecified atom stereocenters. The zero-order chi connectivity index (χ0) is 21.6. The van der Waals surface area contributed by atoms with Crippen LogP contribution in [0.4, 0.5) is 0 Å². The highest BCUT2D eigenvalue weighted by molar-refractivity contribution is 7.89. The normalized spacial score (nSPS) is 12.2. The number of halogens is 1. The molecule has 0 bridgehead atoms. The quantitative estimate of drug-likeness (QED) is 0.618. The Bertz CT molecular complexity index is 981. The lowest BCUT2D eigenvalue weighted by Gasteiger charge is -2.16. The summed E-state index contributed by atoms with van der Waals surface area (Å²) in [6.07, 6.45) is 0. The first-order chi connectivity index (χ1) is 13.7. The van der Waals surface area contributed by atoms with E-state index in [4.69, 9.17) is 25.8 Å². The summed E-state index contributed by atoms with van der Waals surface area (Å²) in [6, 6.07) is 8.41. The van der Waals surface area contributed by atoms with Crippen LogP contribution in [0.5, 0.6) is 17.2 Å². The van der Waals surface area contributed by atoms with E-state index in [2.05, 4.69) is 10.0 Å². The van der Waals surface area contributed by atoms with E-state index in [1.807, 2.05) is 0 Å². The van der Waals surface area contributed by atoms with Gasteiger partial charge in [0.2, 0.25) is 15.9 Å². The van der Waals surface area contributed by atoms with Crippen LogP contribution < -0.4 is 24.2 Å². The number of methoxy groups -OCH3 is 3. The van der Waals surface area contributed by atoms with Crippen LogP contribution in [-0.4, -0.2) is 41.7 Å². The van der Waals surface area contributed by atoms with Crippen molar-refractivity contribution < 1.29 is 27.4 Å². The second-order valence-corrected chi connectivity index (χ2v) is 8.16. The van der Waals surface area contributed by atoms with Crippen LogP contribution in [0.2, 0.25) is 5.02 Å². The first-order valence-corrected chi connectivity index (χ1v) is 10.4. The molecule has 29 heavy (non-hydrogen) atoms. The number of hydrogen-bond acceptors (Lipinski definition) is 6. The summed E-state index contributed by atoms with van der Waals surface area (Å²) in [7, 11) is 0.364. The summed E-state index contributed by atoms with van der Waals surface area (Å²) in [5, 5.41) is 2.92. The number of hydrogen-bond donors (Lipinski definition) is 2. The van der Waals surface area contributed by atoms with Crippen molar-refractivity contribution in [3.63, 3.8) is 0 Å². The van der Waals surface area contributed by atoms with Gasteiger partial charge in [0, 0.05) is 11.6 Å². The van der Waals surface area contributed by atoms with Gasteiger partial charge in [-0.2, -0.15) is 4.72 Å². The van der Waals surface area contributed by atoms with Gasteiger partial charge in [-0.15, -0.1) is 0 Å². The van der Waals surface area contributed by atoms with Gasteiger partial charge in [-0.05, 0) is 42.8 Å². The van der Waals surface area contributed by atoms with E-state index in [-0.39, 0.29) is 22.2 Å². The molecule has 2 aromatic carbocycles. The van der Waals surface area contributed by atoms with E-state index in [1.165, 1.54) is 46.5 Å². The van der Waals surface area contributed by atoms with E-state index in [1.54, 1.807) is 18.2 Å². The van der Waals surface area contributed by atoms with Crippen molar-refractivity contribution in [1.82, 2.24) is 10.0 Å². The number of amides is 1. The van der Waals surface area contributed by atoms with E-state index in [0.29, 0.717) is 11.5 Å². The highest BCUT2D eigenvalue weighted by atomic mass is 35.5. The molecule has 0 aliphatic carbocycles. The van der Waals surface area contributed by atoms with Crippen LogP contribution in [0.3, 0.4) is 0 Å². The molecule has 0 saturated heterocycles. The zero-order valence-electron chi connectivity index (χ0n) is 16.5. The van der Waals surface area contributed by atoms with Crippen molar-refractivity contribution in [2.24, 2.45) is 0 Å². The van der Waals surface area contributed by atoms with Crippen LogP contribution in [0.25, 0.3) is 0 Å². The minimum absolute atomic E-state index is 0.125. The number of rotatable bonds is 9. The van der Waals surface area contributed by atoms with Gasteiger partial charge in [0.1, 0.15) is 10.6 Å². The van der Waals surface area contributed by atoms with E-state index in [0.717, 1.165) is 5.56 Å². The smallest absolute Gasteiger partial charge is 0.245 e. The third-order valence-electron chi connectivity index (χ3n) is 4.06. The lowest BCUT2D eigenvalue weighted by atomic mass is 10.2. The second kappa shape index (κ2) is 9.82. The van der Waals surface area contributed by atoms with Crippen LogP contribution in [0.15, 0.2) is 41.3 Å². The third kappa shape index (κ3) is 5.75. The molecule has 0 aliphatic rings. The van der Waals surface area contributed by atoms with Gasteiger partial charge in [0.05, 0.1) is 27.4 Å². The largest absolute Gasteiger partial charge is 0.495 e.